The Kier molecular flexibility index (Phi) is 4.91. The monoisotopic (exact) mass is 296 g/mol. The highest BCUT2D eigenvalue weighted by Crippen LogP contribution is 2.35. The van der Waals surface area contributed by atoms with E-state index in [-0.39, 0.29) is 23.8 Å². The fraction of sp³-hybridized carbons (Fsp3) is 0.875. The summed E-state index contributed by atoms with van der Waals surface area (Å²) in [6.07, 6.45) is 4.68. The third kappa shape index (κ3) is 2.93. The molecule has 120 valence electrons. The number of ether oxygens (including phenoxy) is 1. The quantitative estimate of drug-likeness (QED) is 0.859. The van der Waals surface area contributed by atoms with Gasteiger partial charge in [-0.05, 0) is 25.7 Å². The zero-order valence-electron chi connectivity index (χ0n) is 13.6. The maximum atomic E-state index is 13.1. The topological polar surface area (TPSA) is 58.6 Å². The van der Waals surface area contributed by atoms with Gasteiger partial charge in [0.2, 0.25) is 11.8 Å². The molecule has 21 heavy (non-hydrogen) atoms. The molecule has 1 saturated heterocycles. The van der Waals surface area contributed by atoms with Gasteiger partial charge in [0.1, 0.15) is 11.6 Å². The van der Waals surface area contributed by atoms with Crippen LogP contribution in [-0.2, 0) is 14.3 Å². The molecule has 0 radical (unpaired) electrons. The van der Waals surface area contributed by atoms with Crippen molar-refractivity contribution in [1.82, 2.24) is 10.2 Å². The van der Waals surface area contributed by atoms with E-state index in [0.29, 0.717) is 6.61 Å². The Morgan fingerprint density at radius 3 is 2.38 bits per heavy atom. The number of piperazine rings is 1. The molecule has 2 amide bonds. The molecule has 1 heterocycles. The smallest absolute Gasteiger partial charge is 0.249 e. The van der Waals surface area contributed by atoms with Crippen molar-refractivity contribution in [2.45, 2.75) is 70.5 Å². The summed E-state index contributed by atoms with van der Waals surface area (Å²) in [4.78, 5) is 27.6. The highest BCUT2D eigenvalue weighted by molar-refractivity contribution is 6.00. The number of amides is 2. The molecule has 0 bridgehead atoms. The van der Waals surface area contributed by atoms with E-state index in [9.17, 15) is 9.59 Å². The molecule has 0 aromatic heterocycles. The van der Waals surface area contributed by atoms with Crippen LogP contribution >= 0.6 is 0 Å². The summed E-state index contributed by atoms with van der Waals surface area (Å²) in [6, 6.07) is -0.477. The van der Waals surface area contributed by atoms with Crippen LogP contribution in [0.4, 0.5) is 0 Å². The Morgan fingerprint density at radius 1 is 1.24 bits per heavy atom. The first-order valence-electron chi connectivity index (χ1n) is 8.06. The van der Waals surface area contributed by atoms with E-state index in [4.69, 9.17) is 4.74 Å². The van der Waals surface area contributed by atoms with Gasteiger partial charge in [0.05, 0.1) is 12.6 Å². The number of carbonyl (C=O) groups excluding carboxylic acids is 2. The average molecular weight is 296 g/mol. The number of rotatable bonds is 4. The first kappa shape index (κ1) is 16.3. The van der Waals surface area contributed by atoms with Gasteiger partial charge in [0, 0.05) is 7.11 Å². The standard InChI is InChI=1S/C16H28N2O3/c1-11(2)13-14(19)17-16(8-6-5-7-9-16)15(20)18(13)12(3)10-21-4/h11-13H,5-10H2,1-4H3,(H,17,19). The molecular formula is C16H28N2O3. The molecule has 0 aromatic rings. The van der Waals surface area contributed by atoms with E-state index in [1.807, 2.05) is 20.8 Å². The van der Waals surface area contributed by atoms with Crippen LogP contribution in [0.25, 0.3) is 0 Å². The zero-order chi connectivity index (χ0) is 15.6. The second kappa shape index (κ2) is 6.34. The lowest BCUT2D eigenvalue weighted by atomic mass is 9.77. The van der Waals surface area contributed by atoms with Gasteiger partial charge in [-0.2, -0.15) is 0 Å². The van der Waals surface area contributed by atoms with Crippen LogP contribution in [0, 0.1) is 5.92 Å². The maximum absolute atomic E-state index is 13.1. The first-order valence-corrected chi connectivity index (χ1v) is 8.06. The third-order valence-electron chi connectivity index (χ3n) is 4.80. The lowest BCUT2D eigenvalue weighted by Gasteiger charge is -2.50. The highest BCUT2D eigenvalue weighted by Gasteiger charge is 2.52. The molecule has 2 aliphatic rings. The summed E-state index contributed by atoms with van der Waals surface area (Å²) in [5.74, 6) is 0.175. The van der Waals surface area contributed by atoms with Crippen molar-refractivity contribution in [1.29, 1.82) is 0 Å². The SMILES string of the molecule is COCC(C)N1C(=O)C2(CCCCC2)NC(=O)C1C(C)C. The Labute approximate surface area is 127 Å². The number of nitrogens with zero attached hydrogens (tertiary/aromatic N) is 1. The summed E-state index contributed by atoms with van der Waals surface area (Å²) in [5, 5.41) is 3.07. The molecule has 2 unspecified atom stereocenters. The number of methoxy groups -OCH3 is 1. The van der Waals surface area contributed by atoms with E-state index in [0.717, 1.165) is 32.1 Å². The van der Waals surface area contributed by atoms with Crippen LogP contribution in [0.1, 0.15) is 52.9 Å². The van der Waals surface area contributed by atoms with Crippen LogP contribution in [0.15, 0.2) is 0 Å². The van der Waals surface area contributed by atoms with Gasteiger partial charge in [-0.25, -0.2) is 0 Å². The minimum absolute atomic E-state index is 0.00514. The second-order valence-corrected chi connectivity index (χ2v) is 6.84. The lowest BCUT2D eigenvalue weighted by molar-refractivity contribution is -0.162. The predicted molar refractivity (Wildman–Crippen MR) is 80.8 cm³/mol. The first-order chi connectivity index (χ1) is 9.93. The minimum Gasteiger partial charge on any atom is -0.383 e. The van der Waals surface area contributed by atoms with Crippen LogP contribution in [0.5, 0.6) is 0 Å². The van der Waals surface area contributed by atoms with Gasteiger partial charge in [-0.3, -0.25) is 9.59 Å². The van der Waals surface area contributed by atoms with Gasteiger partial charge >= 0.3 is 0 Å². The summed E-state index contributed by atoms with van der Waals surface area (Å²) >= 11 is 0. The van der Waals surface area contributed by atoms with Crippen molar-refractivity contribution < 1.29 is 14.3 Å². The largest absolute Gasteiger partial charge is 0.383 e. The Morgan fingerprint density at radius 2 is 1.86 bits per heavy atom. The molecule has 1 saturated carbocycles. The van der Waals surface area contributed by atoms with E-state index in [1.165, 1.54) is 0 Å². The maximum Gasteiger partial charge on any atom is 0.249 e. The summed E-state index contributed by atoms with van der Waals surface area (Å²) in [5.41, 5.74) is -0.664. The van der Waals surface area contributed by atoms with E-state index in [1.54, 1.807) is 12.0 Å². The molecule has 5 nitrogen and oxygen atoms in total. The van der Waals surface area contributed by atoms with Crippen molar-refractivity contribution >= 4 is 11.8 Å². The van der Waals surface area contributed by atoms with Crippen molar-refractivity contribution in [2.24, 2.45) is 5.92 Å². The predicted octanol–water partition coefficient (Wildman–Crippen LogP) is 1.71. The number of hydrogen-bond acceptors (Lipinski definition) is 3. The summed E-state index contributed by atoms with van der Waals surface area (Å²) in [7, 11) is 1.63. The molecule has 2 fully saturated rings. The molecule has 2 rings (SSSR count). The molecule has 1 N–H and O–H groups in total. The van der Waals surface area contributed by atoms with Crippen molar-refractivity contribution in [3.05, 3.63) is 0 Å². The van der Waals surface area contributed by atoms with Gasteiger partial charge in [-0.1, -0.05) is 33.1 Å². The number of carbonyl (C=O) groups is 2. The molecule has 5 heteroatoms. The molecule has 0 aromatic carbocycles. The normalized spacial score (nSPS) is 27.1. The van der Waals surface area contributed by atoms with Crippen molar-refractivity contribution in [3.8, 4) is 0 Å². The summed E-state index contributed by atoms with van der Waals surface area (Å²) < 4.78 is 5.22. The molecule has 1 aliphatic carbocycles. The Balaban J connectivity index is 2.33. The zero-order valence-corrected chi connectivity index (χ0v) is 13.6. The molecule has 2 atom stereocenters. The number of hydrogen-bond donors (Lipinski definition) is 1. The molecule has 1 spiro atoms. The molecule has 1 aliphatic heterocycles. The van der Waals surface area contributed by atoms with Crippen LogP contribution < -0.4 is 5.32 Å². The second-order valence-electron chi connectivity index (χ2n) is 6.84. The third-order valence-corrected chi connectivity index (χ3v) is 4.80. The van der Waals surface area contributed by atoms with Gasteiger partial charge in [-0.15, -0.1) is 0 Å². The fourth-order valence-corrected chi connectivity index (χ4v) is 3.78. The van der Waals surface area contributed by atoms with Gasteiger partial charge < -0.3 is 15.0 Å². The van der Waals surface area contributed by atoms with E-state index >= 15 is 0 Å². The van der Waals surface area contributed by atoms with Crippen LogP contribution in [-0.4, -0.2) is 48.1 Å². The Bertz CT molecular complexity index is 402. The van der Waals surface area contributed by atoms with Crippen LogP contribution in [0.3, 0.4) is 0 Å². The minimum atomic E-state index is -0.664. The fourth-order valence-electron chi connectivity index (χ4n) is 3.78. The molecular weight excluding hydrogens is 268 g/mol. The van der Waals surface area contributed by atoms with Crippen molar-refractivity contribution in [3.63, 3.8) is 0 Å². The lowest BCUT2D eigenvalue weighted by Crippen LogP contribution is -2.73. The van der Waals surface area contributed by atoms with Gasteiger partial charge in [0.25, 0.3) is 0 Å². The highest BCUT2D eigenvalue weighted by atomic mass is 16.5. The Hall–Kier alpha value is -1.10. The average Bonchev–Trinajstić information content (AvgIpc) is 2.43. The van der Waals surface area contributed by atoms with E-state index < -0.39 is 11.6 Å². The van der Waals surface area contributed by atoms with Crippen molar-refractivity contribution in [2.75, 3.05) is 13.7 Å². The van der Waals surface area contributed by atoms with Gasteiger partial charge in [0.15, 0.2) is 0 Å². The number of nitrogens with one attached hydrogen (secondary N) is 1. The van der Waals surface area contributed by atoms with E-state index in [2.05, 4.69) is 5.32 Å². The van der Waals surface area contributed by atoms with Crippen LogP contribution in [0.2, 0.25) is 0 Å². The summed E-state index contributed by atoms with van der Waals surface area (Å²) in [6.45, 7) is 6.40.